The van der Waals surface area contributed by atoms with E-state index in [2.05, 4.69) is 44.2 Å². The molecule has 2 nitrogen and oxygen atoms in total. The molecule has 1 atom stereocenters. The Labute approximate surface area is 125 Å². The summed E-state index contributed by atoms with van der Waals surface area (Å²) in [5, 5.41) is 0. The van der Waals surface area contributed by atoms with Crippen LogP contribution >= 0.6 is 0 Å². The molecule has 1 unspecified atom stereocenters. The minimum absolute atomic E-state index is 0.167. The molecular weight excluding hydrogens is 260 g/mol. The Hall–Kier alpha value is -2.09. The van der Waals surface area contributed by atoms with Gasteiger partial charge in [0.25, 0.3) is 0 Å². The maximum Gasteiger partial charge on any atom is 0.323 e. The van der Waals surface area contributed by atoms with Gasteiger partial charge in [0.1, 0.15) is 11.7 Å². The van der Waals surface area contributed by atoms with Gasteiger partial charge >= 0.3 is 5.97 Å². The van der Waals surface area contributed by atoms with Crippen molar-refractivity contribution in [1.29, 1.82) is 0 Å². The molecule has 0 bridgehead atoms. The van der Waals surface area contributed by atoms with Crippen LogP contribution in [0.2, 0.25) is 0 Å². The zero-order chi connectivity index (χ0) is 15.1. The first-order chi connectivity index (χ1) is 9.99. The van der Waals surface area contributed by atoms with E-state index in [0.29, 0.717) is 5.92 Å². The largest absolute Gasteiger partial charge is 0.425 e. The van der Waals surface area contributed by atoms with E-state index in [4.69, 9.17) is 4.74 Å². The second-order valence-corrected chi connectivity index (χ2v) is 6.12. The van der Waals surface area contributed by atoms with Crippen molar-refractivity contribution in [2.75, 3.05) is 0 Å². The van der Waals surface area contributed by atoms with Gasteiger partial charge in [-0.05, 0) is 42.0 Å². The van der Waals surface area contributed by atoms with Crippen molar-refractivity contribution in [2.45, 2.75) is 39.5 Å². The molecule has 0 radical (unpaired) electrons. The summed E-state index contributed by atoms with van der Waals surface area (Å²) in [6.07, 6.45) is 0. The van der Waals surface area contributed by atoms with Crippen LogP contribution in [0.4, 0.5) is 0 Å². The van der Waals surface area contributed by atoms with Gasteiger partial charge in [-0.25, -0.2) is 0 Å². The Morgan fingerprint density at radius 1 is 0.952 bits per heavy atom. The molecule has 0 spiro atoms. The second-order valence-electron chi connectivity index (χ2n) is 6.12. The molecule has 21 heavy (non-hydrogen) atoms. The molecular formula is C19H20O2. The van der Waals surface area contributed by atoms with Gasteiger partial charge in [-0.15, -0.1) is 0 Å². The van der Waals surface area contributed by atoms with E-state index in [-0.39, 0.29) is 11.9 Å². The summed E-state index contributed by atoms with van der Waals surface area (Å²) in [5.41, 5.74) is 5.45. The van der Waals surface area contributed by atoms with Gasteiger partial charge in [-0.3, -0.25) is 4.79 Å². The minimum atomic E-state index is -0.291. The predicted molar refractivity (Wildman–Crippen MR) is 83.9 cm³/mol. The zero-order valence-electron chi connectivity index (χ0n) is 12.9. The third-order valence-corrected chi connectivity index (χ3v) is 4.27. The number of hydrogen-bond acceptors (Lipinski definition) is 2. The lowest BCUT2D eigenvalue weighted by molar-refractivity contribution is -0.133. The van der Waals surface area contributed by atoms with Crippen LogP contribution < -0.4 is 4.74 Å². The molecule has 1 heterocycles. The molecule has 0 saturated heterocycles. The van der Waals surface area contributed by atoms with Crippen molar-refractivity contribution in [2.24, 2.45) is 0 Å². The van der Waals surface area contributed by atoms with Gasteiger partial charge in [-0.2, -0.15) is 0 Å². The Morgan fingerprint density at radius 3 is 2.19 bits per heavy atom. The van der Waals surface area contributed by atoms with Crippen molar-refractivity contribution < 1.29 is 9.53 Å². The van der Waals surface area contributed by atoms with Crippen LogP contribution in [0.25, 0.3) is 0 Å². The molecule has 2 aromatic rings. The number of esters is 1. The fourth-order valence-electron chi connectivity index (χ4n) is 2.95. The van der Waals surface area contributed by atoms with Crippen molar-refractivity contribution in [1.82, 2.24) is 0 Å². The fourth-order valence-corrected chi connectivity index (χ4v) is 2.95. The first-order valence-electron chi connectivity index (χ1n) is 7.40. The Morgan fingerprint density at radius 2 is 1.57 bits per heavy atom. The highest BCUT2D eigenvalue weighted by atomic mass is 16.5. The average molecular weight is 280 g/mol. The van der Waals surface area contributed by atoms with E-state index in [1.54, 1.807) is 0 Å². The van der Waals surface area contributed by atoms with Gasteiger partial charge in [-0.1, -0.05) is 50.2 Å². The van der Waals surface area contributed by atoms with Crippen LogP contribution in [0.3, 0.4) is 0 Å². The average Bonchev–Trinajstić information content (AvgIpc) is 2.81. The van der Waals surface area contributed by atoms with Crippen molar-refractivity contribution in [3.05, 3.63) is 64.2 Å². The molecule has 1 aliphatic heterocycles. The SMILES string of the molecule is Cc1ccc(C)c2c1OC(=O)C2c1ccc(C(C)C)cc1. The second kappa shape index (κ2) is 5.03. The Balaban J connectivity index is 2.08. The Kier molecular flexibility index (Phi) is 3.32. The summed E-state index contributed by atoms with van der Waals surface area (Å²) in [6.45, 7) is 8.36. The number of aryl methyl sites for hydroxylation is 2. The van der Waals surface area contributed by atoms with Crippen LogP contribution in [0.15, 0.2) is 36.4 Å². The summed E-state index contributed by atoms with van der Waals surface area (Å²) in [5.74, 6) is 0.782. The summed E-state index contributed by atoms with van der Waals surface area (Å²) < 4.78 is 5.52. The first kappa shape index (κ1) is 13.9. The molecule has 0 amide bonds. The maximum atomic E-state index is 12.3. The Bertz CT molecular complexity index is 696. The van der Waals surface area contributed by atoms with E-state index in [0.717, 1.165) is 28.0 Å². The van der Waals surface area contributed by atoms with E-state index in [9.17, 15) is 4.79 Å². The van der Waals surface area contributed by atoms with Gasteiger partial charge in [0.2, 0.25) is 0 Å². The van der Waals surface area contributed by atoms with Gasteiger partial charge < -0.3 is 4.74 Å². The van der Waals surface area contributed by atoms with Crippen LogP contribution in [0.5, 0.6) is 5.75 Å². The molecule has 1 aliphatic rings. The van der Waals surface area contributed by atoms with E-state index in [1.807, 2.05) is 19.9 Å². The predicted octanol–water partition coefficient (Wildman–Crippen LogP) is 4.48. The lowest BCUT2D eigenvalue weighted by atomic mass is 9.87. The first-order valence-corrected chi connectivity index (χ1v) is 7.40. The number of fused-ring (bicyclic) bond motifs is 1. The number of benzene rings is 2. The van der Waals surface area contributed by atoms with Crippen LogP contribution in [0.1, 0.15) is 53.5 Å². The maximum absolute atomic E-state index is 12.3. The highest BCUT2D eigenvalue weighted by molar-refractivity contribution is 5.90. The van der Waals surface area contributed by atoms with Gasteiger partial charge in [0.05, 0.1) is 0 Å². The number of carbonyl (C=O) groups is 1. The summed E-state index contributed by atoms with van der Waals surface area (Å²) in [7, 11) is 0. The topological polar surface area (TPSA) is 26.3 Å². The zero-order valence-corrected chi connectivity index (χ0v) is 12.9. The van der Waals surface area contributed by atoms with Crippen molar-refractivity contribution in [3.8, 4) is 5.75 Å². The molecule has 2 aromatic carbocycles. The lowest BCUT2D eigenvalue weighted by Crippen LogP contribution is -2.12. The third-order valence-electron chi connectivity index (χ3n) is 4.27. The van der Waals surface area contributed by atoms with Crippen molar-refractivity contribution in [3.63, 3.8) is 0 Å². The molecule has 0 N–H and O–H groups in total. The van der Waals surface area contributed by atoms with E-state index >= 15 is 0 Å². The highest BCUT2D eigenvalue weighted by Gasteiger charge is 2.36. The highest BCUT2D eigenvalue weighted by Crippen LogP contribution is 2.43. The minimum Gasteiger partial charge on any atom is -0.425 e. The van der Waals surface area contributed by atoms with Gasteiger partial charge in [0, 0.05) is 5.56 Å². The quantitative estimate of drug-likeness (QED) is 0.599. The molecule has 3 rings (SSSR count). The molecule has 0 aliphatic carbocycles. The molecule has 108 valence electrons. The molecule has 0 aromatic heterocycles. The fraction of sp³-hybridized carbons (Fsp3) is 0.316. The van der Waals surface area contributed by atoms with Gasteiger partial charge in [0.15, 0.2) is 0 Å². The summed E-state index contributed by atoms with van der Waals surface area (Å²) >= 11 is 0. The smallest absolute Gasteiger partial charge is 0.323 e. The van der Waals surface area contributed by atoms with Crippen molar-refractivity contribution >= 4 is 5.97 Å². The number of ether oxygens (including phenoxy) is 1. The van der Waals surface area contributed by atoms with E-state index in [1.165, 1.54) is 5.56 Å². The normalized spacial score (nSPS) is 17.0. The van der Waals surface area contributed by atoms with Crippen LogP contribution in [-0.2, 0) is 4.79 Å². The molecule has 0 saturated carbocycles. The third kappa shape index (κ3) is 2.25. The molecule has 2 heteroatoms. The summed E-state index contributed by atoms with van der Waals surface area (Å²) in [4.78, 5) is 12.3. The standard InChI is InChI=1S/C19H20O2/c1-11(2)14-7-9-15(10-8-14)17-16-12(3)5-6-13(4)18(16)21-19(17)20/h5-11,17H,1-4H3. The summed E-state index contributed by atoms with van der Waals surface area (Å²) in [6, 6.07) is 12.4. The lowest BCUT2D eigenvalue weighted by Gasteiger charge is -2.12. The van der Waals surface area contributed by atoms with Crippen LogP contribution in [-0.4, -0.2) is 5.97 Å². The molecule has 0 fully saturated rings. The number of hydrogen-bond donors (Lipinski definition) is 0. The number of carbonyl (C=O) groups excluding carboxylic acids is 1. The van der Waals surface area contributed by atoms with E-state index < -0.39 is 0 Å². The monoisotopic (exact) mass is 280 g/mol. The number of rotatable bonds is 2. The van der Waals surface area contributed by atoms with Crippen LogP contribution in [0, 0.1) is 13.8 Å².